The summed E-state index contributed by atoms with van der Waals surface area (Å²) in [6.45, 7) is 1.97. The van der Waals surface area contributed by atoms with Crippen LogP contribution in [-0.4, -0.2) is 35.9 Å². The minimum atomic E-state index is -1.08. The predicted molar refractivity (Wildman–Crippen MR) is 64.6 cm³/mol. The number of aromatic nitrogens is 1. The van der Waals surface area contributed by atoms with Crippen molar-refractivity contribution < 1.29 is 19.4 Å². The molecule has 0 aromatic carbocycles. The molecule has 3 N–H and O–H groups in total. The number of rotatable bonds is 4. The molecule has 0 bridgehead atoms. The van der Waals surface area contributed by atoms with Gasteiger partial charge in [-0.3, -0.25) is 0 Å². The Morgan fingerprint density at radius 1 is 1.56 bits per heavy atom. The van der Waals surface area contributed by atoms with E-state index in [1.807, 2.05) is 0 Å². The van der Waals surface area contributed by atoms with E-state index in [9.17, 15) is 4.79 Å². The summed E-state index contributed by atoms with van der Waals surface area (Å²) in [6, 6.07) is 1.36. The fourth-order valence-electron chi connectivity index (χ4n) is 1.87. The lowest BCUT2D eigenvalue weighted by molar-refractivity contribution is 0.0491. The first kappa shape index (κ1) is 12.6. The van der Waals surface area contributed by atoms with Crippen LogP contribution in [0.25, 0.3) is 0 Å². The topological polar surface area (TPSA) is 94.7 Å². The van der Waals surface area contributed by atoms with Gasteiger partial charge in [0.1, 0.15) is 5.69 Å². The fourth-order valence-corrected chi connectivity index (χ4v) is 1.87. The van der Waals surface area contributed by atoms with Crippen molar-refractivity contribution in [3.63, 3.8) is 0 Å². The Morgan fingerprint density at radius 3 is 2.94 bits per heavy atom. The Balaban J connectivity index is 2.00. The lowest BCUT2D eigenvalue weighted by atomic mass is 10.0. The van der Waals surface area contributed by atoms with Gasteiger partial charge in [0.2, 0.25) is 5.88 Å². The minimum Gasteiger partial charge on any atom is -0.478 e. The molecule has 2 rings (SSSR count). The summed E-state index contributed by atoms with van der Waals surface area (Å²) in [5.41, 5.74) is 5.81. The van der Waals surface area contributed by atoms with Gasteiger partial charge in [0.05, 0.1) is 12.2 Å². The smallest absolute Gasteiger partial charge is 0.338 e. The normalized spacial score (nSPS) is 16.4. The van der Waals surface area contributed by atoms with Crippen molar-refractivity contribution in [2.24, 2.45) is 5.92 Å². The molecule has 1 aromatic heterocycles. The Morgan fingerprint density at radius 2 is 2.28 bits per heavy atom. The highest BCUT2D eigenvalue weighted by molar-refractivity contribution is 5.94. The van der Waals surface area contributed by atoms with Crippen molar-refractivity contribution in [2.45, 2.75) is 12.8 Å². The Kier molecular flexibility index (Phi) is 3.99. The quantitative estimate of drug-likeness (QED) is 0.835. The molecular formula is C12H16N2O4. The van der Waals surface area contributed by atoms with Gasteiger partial charge in [0.25, 0.3) is 0 Å². The van der Waals surface area contributed by atoms with E-state index in [2.05, 4.69) is 4.98 Å². The average molecular weight is 252 g/mol. The molecule has 6 heteroatoms. The van der Waals surface area contributed by atoms with E-state index in [0.717, 1.165) is 26.1 Å². The van der Waals surface area contributed by atoms with Gasteiger partial charge in [-0.25, -0.2) is 9.78 Å². The van der Waals surface area contributed by atoms with Crippen LogP contribution >= 0.6 is 0 Å². The summed E-state index contributed by atoms with van der Waals surface area (Å²) in [6.07, 6.45) is 3.27. The van der Waals surface area contributed by atoms with E-state index in [1.54, 1.807) is 0 Å². The number of nitrogens with zero attached hydrogens (tertiary/aromatic N) is 1. The molecule has 2 heterocycles. The molecule has 1 aliphatic heterocycles. The number of carboxylic acid groups (broad SMARTS) is 1. The Bertz CT molecular complexity index is 430. The van der Waals surface area contributed by atoms with E-state index in [4.69, 9.17) is 20.3 Å². The van der Waals surface area contributed by atoms with Crippen LogP contribution < -0.4 is 10.5 Å². The lowest BCUT2D eigenvalue weighted by Crippen LogP contribution is -2.22. The molecule has 0 atom stereocenters. The maximum absolute atomic E-state index is 10.9. The van der Waals surface area contributed by atoms with Crippen LogP contribution in [0.15, 0.2) is 12.3 Å². The number of nitrogen functional groups attached to an aromatic ring is 1. The maximum Gasteiger partial charge on any atom is 0.338 e. The monoisotopic (exact) mass is 252 g/mol. The van der Waals surface area contributed by atoms with Gasteiger partial charge in [-0.05, 0) is 24.8 Å². The number of anilines is 1. The summed E-state index contributed by atoms with van der Waals surface area (Å²) in [5.74, 6) is -0.472. The molecule has 1 fully saturated rings. The zero-order valence-corrected chi connectivity index (χ0v) is 9.96. The fraction of sp³-hybridized carbons (Fsp3) is 0.500. The zero-order chi connectivity index (χ0) is 13.0. The third-order valence-electron chi connectivity index (χ3n) is 2.98. The Hall–Kier alpha value is -1.82. The molecule has 98 valence electrons. The van der Waals surface area contributed by atoms with Gasteiger partial charge in [0, 0.05) is 19.4 Å². The van der Waals surface area contributed by atoms with E-state index in [0.29, 0.717) is 12.5 Å². The highest BCUT2D eigenvalue weighted by atomic mass is 16.5. The molecule has 0 spiro atoms. The summed E-state index contributed by atoms with van der Waals surface area (Å²) in [5, 5.41) is 8.93. The number of hydrogen-bond acceptors (Lipinski definition) is 5. The molecule has 0 aliphatic carbocycles. The second kappa shape index (κ2) is 5.68. The molecule has 1 aliphatic rings. The molecule has 1 saturated heterocycles. The summed E-state index contributed by atoms with van der Waals surface area (Å²) >= 11 is 0. The number of hydrogen-bond donors (Lipinski definition) is 2. The van der Waals surface area contributed by atoms with Gasteiger partial charge in [-0.2, -0.15) is 0 Å². The molecule has 0 unspecified atom stereocenters. The molecule has 18 heavy (non-hydrogen) atoms. The summed E-state index contributed by atoms with van der Waals surface area (Å²) in [4.78, 5) is 14.9. The first-order chi connectivity index (χ1) is 8.68. The second-order valence-corrected chi connectivity index (χ2v) is 4.25. The van der Waals surface area contributed by atoms with Crippen LogP contribution in [0.3, 0.4) is 0 Å². The van der Waals surface area contributed by atoms with Crippen LogP contribution in [0.1, 0.15) is 23.2 Å². The van der Waals surface area contributed by atoms with Gasteiger partial charge in [0.15, 0.2) is 0 Å². The van der Waals surface area contributed by atoms with Crippen LogP contribution in [0, 0.1) is 5.92 Å². The van der Waals surface area contributed by atoms with Crippen molar-refractivity contribution in [1.82, 2.24) is 4.98 Å². The maximum atomic E-state index is 10.9. The van der Waals surface area contributed by atoms with Crippen molar-refractivity contribution >= 4 is 11.7 Å². The number of aromatic carboxylic acids is 1. The largest absolute Gasteiger partial charge is 0.478 e. The molecular weight excluding hydrogens is 236 g/mol. The first-order valence-electron chi connectivity index (χ1n) is 5.87. The third kappa shape index (κ3) is 2.89. The van der Waals surface area contributed by atoms with E-state index in [-0.39, 0.29) is 17.1 Å². The van der Waals surface area contributed by atoms with E-state index >= 15 is 0 Å². The number of carbonyl (C=O) groups is 1. The number of pyridine rings is 1. The first-order valence-corrected chi connectivity index (χ1v) is 5.87. The third-order valence-corrected chi connectivity index (χ3v) is 2.98. The van der Waals surface area contributed by atoms with Gasteiger partial charge in [-0.1, -0.05) is 0 Å². The van der Waals surface area contributed by atoms with Crippen LogP contribution in [0.2, 0.25) is 0 Å². The number of nitrogens with two attached hydrogens (primary N) is 1. The summed E-state index contributed by atoms with van der Waals surface area (Å²) < 4.78 is 10.8. The second-order valence-electron chi connectivity index (χ2n) is 4.25. The predicted octanol–water partition coefficient (Wildman–Crippen LogP) is 1.17. The summed E-state index contributed by atoms with van der Waals surface area (Å²) in [7, 11) is 0. The minimum absolute atomic E-state index is 0.0203. The highest BCUT2D eigenvalue weighted by Crippen LogP contribution is 2.24. The van der Waals surface area contributed by atoms with Crippen molar-refractivity contribution in [3.05, 3.63) is 17.8 Å². The van der Waals surface area contributed by atoms with Crippen molar-refractivity contribution in [1.29, 1.82) is 0 Å². The highest BCUT2D eigenvalue weighted by Gasteiger charge is 2.17. The average Bonchev–Trinajstić information content (AvgIpc) is 2.38. The van der Waals surface area contributed by atoms with E-state index in [1.165, 1.54) is 12.3 Å². The molecule has 1 aromatic rings. The van der Waals surface area contributed by atoms with Crippen molar-refractivity contribution in [2.75, 3.05) is 25.6 Å². The molecule has 6 nitrogen and oxygen atoms in total. The Labute approximate surface area is 105 Å². The van der Waals surface area contributed by atoms with Crippen LogP contribution in [0.5, 0.6) is 5.88 Å². The molecule has 0 amide bonds. The van der Waals surface area contributed by atoms with Gasteiger partial charge < -0.3 is 20.3 Å². The molecule has 0 saturated carbocycles. The SMILES string of the molecule is Nc1c(C(=O)O)ccnc1OCC1CCOCC1. The standard InChI is InChI=1S/C12H16N2O4/c13-10-9(12(15)16)1-4-14-11(10)18-7-8-2-5-17-6-3-8/h1,4,8H,2-3,5-7,13H2,(H,15,16). The lowest BCUT2D eigenvalue weighted by Gasteiger charge is -2.22. The number of carboxylic acids is 1. The van der Waals surface area contributed by atoms with E-state index < -0.39 is 5.97 Å². The van der Waals surface area contributed by atoms with Gasteiger partial charge >= 0.3 is 5.97 Å². The van der Waals surface area contributed by atoms with Crippen LogP contribution in [-0.2, 0) is 4.74 Å². The van der Waals surface area contributed by atoms with Crippen LogP contribution in [0.4, 0.5) is 5.69 Å². The van der Waals surface area contributed by atoms with Gasteiger partial charge in [-0.15, -0.1) is 0 Å². The molecule has 0 radical (unpaired) electrons. The van der Waals surface area contributed by atoms with Crippen molar-refractivity contribution in [3.8, 4) is 5.88 Å². The number of ether oxygens (including phenoxy) is 2. The zero-order valence-electron chi connectivity index (χ0n) is 9.96.